The van der Waals surface area contributed by atoms with Crippen molar-refractivity contribution >= 4 is 11.6 Å². The van der Waals surface area contributed by atoms with Gasteiger partial charge in [-0.25, -0.2) is 10.8 Å². The van der Waals surface area contributed by atoms with E-state index in [2.05, 4.69) is 15.7 Å². The Hall–Kier alpha value is -1.80. The molecule has 0 aliphatic rings. The standard InChI is InChI=1S/C12H17F3N4O/c1-8(7-20-2)17-11(19-16)18-10-6-4-3-5-9(10)12(13,14)15/h3-6,8H,7,16H2,1-2H3,(H2,17,18,19). The zero-order chi connectivity index (χ0) is 15.2. The lowest BCUT2D eigenvalue weighted by Crippen LogP contribution is -2.38. The van der Waals surface area contributed by atoms with Gasteiger partial charge in [-0.15, -0.1) is 0 Å². The molecule has 1 unspecified atom stereocenters. The van der Waals surface area contributed by atoms with E-state index in [1.165, 1.54) is 25.3 Å². The van der Waals surface area contributed by atoms with Crippen LogP contribution < -0.4 is 16.6 Å². The molecule has 0 spiro atoms. The molecule has 0 saturated heterocycles. The molecule has 5 nitrogen and oxygen atoms in total. The minimum absolute atomic E-state index is 0.0336. The van der Waals surface area contributed by atoms with Crippen LogP contribution in [-0.2, 0) is 10.9 Å². The van der Waals surface area contributed by atoms with Crippen molar-refractivity contribution in [3.05, 3.63) is 29.8 Å². The minimum atomic E-state index is -4.46. The predicted molar refractivity (Wildman–Crippen MR) is 71.2 cm³/mol. The van der Waals surface area contributed by atoms with Crippen molar-refractivity contribution in [1.29, 1.82) is 0 Å². The highest BCUT2D eigenvalue weighted by Gasteiger charge is 2.33. The lowest BCUT2D eigenvalue weighted by atomic mass is 10.1. The van der Waals surface area contributed by atoms with Crippen LogP contribution in [0.25, 0.3) is 0 Å². The molecule has 0 aliphatic heterocycles. The summed E-state index contributed by atoms with van der Waals surface area (Å²) in [6.07, 6.45) is -4.46. The molecule has 1 atom stereocenters. The number of rotatable bonds is 4. The van der Waals surface area contributed by atoms with E-state index in [0.717, 1.165) is 6.07 Å². The van der Waals surface area contributed by atoms with Gasteiger partial charge in [-0.2, -0.15) is 13.2 Å². The summed E-state index contributed by atoms with van der Waals surface area (Å²) in [7, 11) is 1.51. The fraction of sp³-hybridized carbons (Fsp3) is 0.417. The fourth-order valence-electron chi connectivity index (χ4n) is 1.57. The maximum atomic E-state index is 12.8. The van der Waals surface area contributed by atoms with Gasteiger partial charge in [0.2, 0.25) is 5.96 Å². The Morgan fingerprint density at radius 1 is 1.40 bits per heavy atom. The Labute approximate surface area is 115 Å². The van der Waals surface area contributed by atoms with Crippen molar-refractivity contribution < 1.29 is 17.9 Å². The average Bonchev–Trinajstić information content (AvgIpc) is 2.37. The number of hydrogen-bond donors (Lipinski definition) is 3. The number of hydrogen-bond acceptors (Lipinski definition) is 3. The molecular formula is C12H17F3N4O. The van der Waals surface area contributed by atoms with Crippen molar-refractivity contribution in [1.82, 2.24) is 5.43 Å². The first kappa shape index (κ1) is 16.3. The fourth-order valence-corrected chi connectivity index (χ4v) is 1.57. The van der Waals surface area contributed by atoms with Gasteiger partial charge in [0, 0.05) is 7.11 Å². The molecular weight excluding hydrogens is 273 g/mol. The summed E-state index contributed by atoms with van der Waals surface area (Å²) in [5.74, 6) is 5.29. The van der Waals surface area contributed by atoms with Crippen molar-refractivity contribution in [2.45, 2.75) is 19.1 Å². The number of halogens is 3. The first-order valence-electron chi connectivity index (χ1n) is 5.85. The summed E-state index contributed by atoms with van der Waals surface area (Å²) in [5.41, 5.74) is 1.32. The summed E-state index contributed by atoms with van der Waals surface area (Å²) in [4.78, 5) is 4.08. The van der Waals surface area contributed by atoms with Crippen LogP contribution in [0, 0.1) is 0 Å². The van der Waals surface area contributed by atoms with Gasteiger partial charge < -0.3 is 10.1 Å². The number of guanidine groups is 1. The zero-order valence-electron chi connectivity index (χ0n) is 11.2. The number of nitrogens with zero attached hydrogens (tertiary/aromatic N) is 1. The molecule has 0 heterocycles. The molecule has 0 bridgehead atoms. The lowest BCUT2D eigenvalue weighted by molar-refractivity contribution is -0.136. The number of methoxy groups -OCH3 is 1. The molecule has 1 rings (SSSR count). The second-order valence-corrected chi connectivity index (χ2v) is 4.09. The normalized spacial score (nSPS) is 14.0. The number of nitrogens with two attached hydrogens (primary N) is 1. The Morgan fingerprint density at radius 2 is 2.05 bits per heavy atom. The molecule has 0 fully saturated rings. The Balaban J connectivity index is 2.96. The molecule has 112 valence electrons. The van der Waals surface area contributed by atoms with Gasteiger partial charge in [-0.3, -0.25) is 5.43 Å². The minimum Gasteiger partial charge on any atom is -0.382 e. The number of benzene rings is 1. The predicted octanol–water partition coefficient (Wildman–Crippen LogP) is 1.97. The monoisotopic (exact) mass is 290 g/mol. The van der Waals surface area contributed by atoms with E-state index in [-0.39, 0.29) is 17.7 Å². The van der Waals surface area contributed by atoms with Crippen LogP contribution in [0.15, 0.2) is 29.3 Å². The number of ether oxygens (including phenoxy) is 1. The molecule has 1 aromatic rings. The number of anilines is 1. The van der Waals surface area contributed by atoms with Gasteiger partial charge >= 0.3 is 6.18 Å². The number of para-hydroxylation sites is 1. The Morgan fingerprint density at radius 3 is 2.60 bits per heavy atom. The van der Waals surface area contributed by atoms with Crippen molar-refractivity contribution in [3.63, 3.8) is 0 Å². The summed E-state index contributed by atoms with van der Waals surface area (Å²) in [6.45, 7) is 2.08. The van der Waals surface area contributed by atoms with E-state index in [0.29, 0.717) is 6.61 Å². The molecule has 8 heteroatoms. The van der Waals surface area contributed by atoms with Gasteiger partial charge in [-0.05, 0) is 19.1 Å². The van der Waals surface area contributed by atoms with Crippen molar-refractivity contribution in [3.8, 4) is 0 Å². The zero-order valence-corrected chi connectivity index (χ0v) is 11.2. The highest BCUT2D eigenvalue weighted by molar-refractivity contribution is 5.94. The molecule has 0 aliphatic carbocycles. The van der Waals surface area contributed by atoms with Crippen LogP contribution in [-0.4, -0.2) is 25.7 Å². The van der Waals surface area contributed by atoms with Gasteiger partial charge in [0.05, 0.1) is 23.9 Å². The van der Waals surface area contributed by atoms with Crippen LogP contribution in [0.3, 0.4) is 0 Å². The largest absolute Gasteiger partial charge is 0.418 e. The Kier molecular flexibility index (Phi) is 5.78. The Bertz CT molecular complexity index is 462. The van der Waals surface area contributed by atoms with Crippen LogP contribution in [0.2, 0.25) is 0 Å². The molecule has 1 aromatic carbocycles. The third-order valence-electron chi connectivity index (χ3n) is 2.38. The molecule has 0 aromatic heterocycles. The second-order valence-electron chi connectivity index (χ2n) is 4.09. The number of hydrazine groups is 1. The quantitative estimate of drug-likeness (QED) is 0.343. The van der Waals surface area contributed by atoms with E-state index in [4.69, 9.17) is 10.6 Å². The second kappa shape index (κ2) is 7.11. The van der Waals surface area contributed by atoms with Crippen LogP contribution in [0.4, 0.5) is 18.9 Å². The lowest BCUT2D eigenvalue weighted by Gasteiger charge is -2.16. The molecule has 0 amide bonds. The SMILES string of the molecule is COCC(C)N=C(NN)Nc1ccccc1C(F)(F)F. The highest BCUT2D eigenvalue weighted by Crippen LogP contribution is 2.34. The van der Waals surface area contributed by atoms with E-state index in [9.17, 15) is 13.2 Å². The third-order valence-corrected chi connectivity index (χ3v) is 2.38. The summed E-state index contributed by atoms with van der Waals surface area (Å²) in [6, 6.07) is 4.83. The maximum Gasteiger partial charge on any atom is 0.418 e. The van der Waals surface area contributed by atoms with Gasteiger partial charge in [0.15, 0.2) is 0 Å². The van der Waals surface area contributed by atoms with Crippen LogP contribution in [0.5, 0.6) is 0 Å². The van der Waals surface area contributed by atoms with Crippen LogP contribution >= 0.6 is 0 Å². The number of alkyl halides is 3. The first-order chi connectivity index (χ1) is 9.38. The maximum absolute atomic E-state index is 12.8. The number of aliphatic imine (C=N–C) groups is 1. The van der Waals surface area contributed by atoms with Crippen molar-refractivity contribution in [2.75, 3.05) is 19.0 Å². The topological polar surface area (TPSA) is 71.7 Å². The first-order valence-corrected chi connectivity index (χ1v) is 5.85. The van der Waals surface area contributed by atoms with Crippen LogP contribution in [0.1, 0.15) is 12.5 Å². The van der Waals surface area contributed by atoms with E-state index in [1.54, 1.807) is 6.92 Å². The van der Waals surface area contributed by atoms with Gasteiger partial charge in [0.1, 0.15) is 0 Å². The van der Waals surface area contributed by atoms with Crippen molar-refractivity contribution in [2.24, 2.45) is 10.8 Å². The molecule has 0 saturated carbocycles. The number of nitrogens with one attached hydrogen (secondary N) is 2. The molecule has 4 N–H and O–H groups in total. The van der Waals surface area contributed by atoms with E-state index < -0.39 is 11.7 Å². The highest BCUT2D eigenvalue weighted by atomic mass is 19.4. The summed E-state index contributed by atoms with van der Waals surface area (Å²) < 4.78 is 43.4. The summed E-state index contributed by atoms with van der Waals surface area (Å²) >= 11 is 0. The average molecular weight is 290 g/mol. The third kappa shape index (κ3) is 4.71. The smallest absolute Gasteiger partial charge is 0.382 e. The molecule has 0 radical (unpaired) electrons. The molecule has 20 heavy (non-hydrogen) atoms. The van der Waals surface area contributed by atoms with E-state index in [1.807, 2.05) is 0 Å². The van der Waals surface area contributed by atoms with Gasteiger partial charge in [0.25, 0.3) is 0 Å². The van der Waals surface area contributed by atoms with Gasteiger partial charge in [-0.1, -0.05) is 12.1 Å². The van der Waals surface area contributed by atoms with E-state index >= 15 is 0 Å². The summed E-state index contributed by atoms with van der Waals surface area (Å²) in [5, 5.41) is 2.53.